The van der Waals surface area contributed by atoms with Gasteiger partial charge in [0, 0.05) is 46.7 Å². The first-order chi connectivity index (χ1) is 13.1. The lowest BCUT2D eigenvalue weighted by Gasteiger charge is -2.28. The van der Waals surface area contributed by atoms with Crippen LogP contribution in [0.4, 0.5) is 5.82 Å². The number of aromatic amines is 1. The molecule has 0 spiro atoms. The van der Waals surface area contributed by atoms with Crippen molar-refractivity contribution in [1.29, 1.82) is 0 Å². The summed E-state index contributed by atoms with van der Waals surface area (Å²) in [5.74, 6) is 0.802. The third-order valence-electron chi connectivity index (χ3n) is 4.50. The van der Waals surface area contributed by atoms with Gasteiger partial charge in [0.25, 0.3) is 0 Å². The summed E-state index contributed by atoms with van der Waals surface area (Å²) >= 11 is 7.52. The summed E-state index contributed by atoms with van der Waals surface area (Å²) in [4.78, 5) is 26.2. The molecule has 2 aromatic heterocycles. The minimum atomic E-state index is -0.243. The monoisotopic (exact) mass is 402 g/mol. The maximum absolute atomic E-state index is 11.5. The molecular weight excluding hydrogens is 384 g/mol. The van der Waals surface area contributed by atoms with Crippen molar-refractivity contribution in [1.82, 2.24) is 15.0 Å². The molecule has 1 N–H and O–H groups in total. The Morgan fingerprint density at radius 2 is 2.30 bits per heavy atom. The lowest BCUT2D eigenvalue weighted by Crippen LogP contribution is -2.30. The van der Waals surface area contributed by atoms with Crippen LogP contribution in [0.1, 0.15) is 18.2 Å². The zero-order chi connectivity index (χ0) is 18.8. The number of halogens is 1. The lowest BCUT2D eigenvalue weighted by atomic mass is 10.0. The van der Waals surface area contributed by atoms with Gasteiger partial charge in [0.05, 0.1) is 24.8 Å². The van der Waals surface area contributed by atoms with Gasteiger partial charge in [-0.05, 0) is 25.1 Å². The van der Waals surface area contributed by atoms with Crippen LogP contribution in [0.2, 0.25) is 5.02 Å². The van der Waals surface area contributed by atoms with Gasteiger partial charge in [-0.25, -0.2) is 4.98 Å². The summed E-state index contributed by atoms with van der Waals surface area (Å²) in [6.45, 7) is 3.78. The second kappa shape index (κ2) is 7.78. The molecule has 140 valence electrons. The molecule has 0 aliphatic carbocycles. The first-order valence-corrected chi connectivity index (χ1v) is 10.1. The standard InChI is InChI=1S/C19H19ClN4O2S/c1-2-26-19(25)11-27-18-9-21-8-17(23-18)24-6-5-16-14(10-24)13-7-12(20)3-4-15(13)22-16/h3-4,7-9,22H,2,5-6,10-11H2,1H3. The van der Waals surface area contributed by atoms with E-state index in [4.69, 9.17) is 16.3 Å². The molecule has 27 heavy (non-hydrogen) atoms. The van der Waals surface area contributed by atoms with Crippen LogP contribution in [0, 0.1) is 0 Å². The van der Waals surface area contributed by atoms with Gasteiger partial charge in [0.15, 0.2) is 0 Å². The van der Waals surface area contributed by atoms with Crippen molar-refractivity contribution in [2.75, 3.05) is 23.8 Å². The van der Waals surface area contributed by atoms with E-state index in [-0.39, 0.29) is 11.7 Å². The van der Waals surface area contributed by atoms with E-state index in [0.717, 1.165) is 41.3 Å². The first-order valence-electron chi connectivity index (χ1n) is 8.78. The number of carbonyl (C=O) groups is 1. The molecule has 0 radical (unpaired) electrons. The average molecular weight is 403 g/mol. The van der Waals surface area contributed by atoms with Gasteiger partial charge in [0.1, 0.15) is 10.8 Å². The molecule has 6 nitrogen and oxygen atoms in total. The van der Waals surface area contributed by atoms with Gasteiger partial charge in [-0.2, -0.15) is 0 Å². The predicted molar refractivity (Wildman–Crippen MR) is 107 cm³/mol. The Morgan fingerprint density at radius 1 is 1.41 bits per heavy atom. The summed E-state index contributed by atoms with van der Waals surface area (Å²) in [6.07, 6.45) is 4.35. The number of hydrogen-bond acceptors (Lipinski definition) is 6. The topological polar surface area (TPSA) is 71.1 Å². The molecule has 0 saturated heterocycles. The number of anilines is 1. The van der Waals surface area contributed by atoms with Gasteiger partial charge in [0.2, 0.25) is 0 Å². The molecule has 0 saturated carbocycles. The molecule has 1 aromatic carbocycles. The smallest absolute Gasteiger partial charge is 0.316 e. The van der Waals surface area contributed by atoms with E-state index in [1.807, 2.05) is 18.2 Å². The van der Waals surface area contributed by atoms with E-state index < -0.39 is 0 Å². The Hall–Kier alpha value is -2.25. The number of benzene rings is 1. The summed E-state index contributed by atoms with van der Waals surface area (Å²) in [5.41, 5.74) is 3.62. The summed E-state index contributed by atoms with van der Waals surface area (Å²) in [5, 5.41) is 2.61. The highest BCUT2D eigenvalue weighted by atomic mass is 35.5. The number of hydrogen-bond donors (Lipinski definition) is 1. The number of nitrogens with one attached hydrogen (secondary N) is 1. The number of nitrogens with zero attached hydrogens (tertiary/aromatic N) is 3. The van der Waals surface area contributed by atoms with Crippen molar-refractivity contribution in [2.45, 2.75) is 24.9 Å². The summed E-state index contributed by atoms with van der Waals surface area (Å²) in [7, 11) is 0. The third kappa shape index (κ3) is 3.89. The number of aromatic nitrogens is 3. The summed E-state index contributed by atoms with van der Waals surface area (Å²) < 4.78 is 4.96. The van der Waals surface area contributed by atoms with E-state index in [9.17, 15) is 4.79 Å². The quantitative estimate of drug-likeness (QED) is 0.516. The molecule has 0 unspecified atom stereocenters. The van der Waals surface area contributed by atoms with Crippen LogP contribution < -0.4 is 4.90 Å². The van der Waals surface area contributed by atoms with E-state index in [1.165, 1.54) is 23.0 Å². The second-order valence-electron chi connectivity index (χ2n) is 6.25. The van der Waals surface area contributed by atoms with Gasteiger partial charge in [-0.3, -0.25) is 9.78 Å². The average Bonchev–Trinajstić information content (AvgIpc) is 3.04. The molecule has 0 atom stereocenters. The number of esters is 1. The van der Waals surface area contributed by atoms with Crippen molar-refractivity contribution in [2.24, 2.45) is 0 Å². The Labute approximate surface area is 166 Å². The predicted octanol–water partition coefficient (Wildman–Crippen LogP) is 3.83. The van der Waals surface area contributed by atoms with Crippen molar-refractivity contribution >= 4 is 46.1 Å². The van der Waals surface area contributed by atoms with Gasteiger partial charge in [-0.15, -0.1) is 0 Å². The SMILES string of the molecule is CCOC(=O)CSc1cncc(N2CCc3[nH]c4ccc(Cl)cc4c3C2)n1. The fourth-order valence-electron chi connectivity index (χ4n) is 3.28. The number of H-pyrrole nitrogens is 1. The molecule has 8 heteroatoms. The lowest BCUT2D eigenvalue weighted by molar-refractivity contribution is -0.139. The number of ether oxygens (including phenoxy) is 1. The van der Waals surface area contributed by atoms with Crippen LogP contribution in [-0.4, -0.2) is 39.8 Å². The zero-order valence-electron chi connectivity index (χ0n) is 14.9. The molecule has 0 fully saturated rings. The molecule has 3 aromatic rings. The Bertz CT molecular complexity index is 991. The van der Waals surface area contributed by atoms with E-state index >= 15 is 0 Å². The van der Waals surface area contributed by atoms with Crippen LogP contribution in [0.5, 0.6) is 0 Å². The van der Waals surface area contributed by atoms with Crippen molar-refractivity contribution in [3.63, 3.8) is 0 Å². The summed E-state index contributed by atoms with van der Waals surface area (Å²) in [6, 6.07) is 5.93. The first kappa shape index (κ1) is 18.1. The number of carbonyl (C=O) groups excluding carboxylic acids is 1. The van der Waals surface area contributed by atoms with E-state index in [2.05, 4.69) is 19.9 Å². The van der Waals surface area contributed by atoms with Crippen LogP contribution in [0.25, 0.3) is 10.9 Å². The van der Waals surface area contributed by atoms with Crippen LogP contribution >= 0.6 is 23.4 Å². The minimum Gasteiger partial charge on any atom is -0.465 e. The van der Waals surface area contributed by atoms with Crippen LogP contribution in [0.3, 0.4) is 0 Å². The van der Waals surface area contributed by atoms with Crippen molar-refractivity contribution in [3.8, 4) is 0 Å². The largest absolute Gasteiger partial charge is 0.465 e. The van der Waals surface area contributed by atoms with Crippen molar-refractivity contribution < 1.29 is 9.53 Å². The number of thioether (sulfide) groups is 1. The fourth-order valence-corrected chi connectivity index (χ4v) is 4.09. The maximum atomic E-state index is 11.5. The molecule has 0 amide bonds. The zero-order valence-corrected chi connectivity index (χ0v) is 16.4. The Balaban J connectivity index is 1.53. The molecule has 1 aliphatic heterocycles. The molecule has 4 rings (SSSR count). The van der Waals surface area contributed by atoms with Gasteiger partial charge in [-0.1, -0.05) is 23.4 Å². The number of rotatable bonds is 5. The fraction of sp³-hybridized carbons (Fsp3) is 0.316. The Kier molecular flexibility index (Phi) is 5.22. The second-order valence-corrected chi connectivity index (χ2v) is 7.68. The molecule has 1 aliphatic rings. The van der Waals surface area contributed by atoms with E-state index in [0.29, 0.717) is 11.6 Å². The highest BCUT2D eigenvalue weighted by Gasteiger charge is 2.22. The molecular formula is C19H19ClN4O2S. The molecule has 0 bridgehead atoms. The highest BCUT2D eigenvalue weighted by molar-refractivity contribution is 7.99. The van der Waals surface area contributed by atoms with Crippen LogP contribution in [0.15, 0.2) is 35.6 Å². The maximum Gasteiger partial charge on any atom is 0.316 e. The Morgan fingerprint density at radius 3 is 3.15 bits per heavy atom. The van der Waals surface area contributed by atoms with Crippen molar-refractivity contribution in [3.05, 3.63) is 46.9 Å². The number of fused-ring (bicyclic) bond motifs is 3. The van der Waals surface area contributed by atoms with E-state index in [1.54, 1.807) is 19.3 Å². The van der Waals surface area contributed by atoms with Crippen LogP contribution in [-0.2, 0) is 22.5 Å². The highest BCUT2D eigenvalue weighted by Crippen LogP contribution is 2.31. The molecule has 3 heterocycles. The van der Waals surface area contributed by atoms with Gasteiger partial charge < -0.3 is 14.6 Å². The normalized spacial score (nSPS) is 13.6. The minimum absolute atomic E-state index is 0.233. The van der Waals surface area contributed by atoms with Gasteiger partial charge >= 0.3 is 5.97 Å². The third-order valence-corrected chi connectivity index (χ3v) is 5.61.